The molecule has 156 valence electrons. The number of amides is 1. The van der Waals surface area contributed by atoms with E-state index in [0.29, 0.717) is 11.5 Å². The SMILES string of the molecule is O=C(c1cc(=O)c2ccccc2o1)N1CCN(S(=O)(=O)c2ccc(F)c(F)c2)CC1. The van der Waals surface area contributed by atoms with Crippen LogP contribution in [0.4, 0.5) is 8.78 Å². The molecule has 0 spiro atoms. The van der Waals surface area contributed by atoms with Gasteiger partial charge < -0.3 is 9.32 Å². The fourth-order valence-electron chi connectivity index (χ4n) is 3.28. The number of hydrogen-bond donors (Lipinski definition) is 0. The number of benzene rings is 2. The molecular weight excluding hydrogens is 418 g/mol. The molecule has 0 aliphatic carbocycles. The first-order valence-corrected chi connectivity index (χ1v) is 10.5. The number of hydrogen-bond acceptors (Lipinski definition) is 5. The third kappa shape index (κ3) is 3.59. The van der Waals surface area contributed by atoms with Crippen LogP contribution in [0.25, 0.3) is 11.0 Å². The highest BCUT2D eigenvalue weighted by Gasteiger charge is 2.31. The standard InChI is InChI=1S/C20H16F2N2O5S/c21-15-6-5-13(11-16(15)22)30(27,28)24-9-7-23(8-10-24)20(26)19-12-17(25)14-3-1-2-4-18(14)29-19/h1-6,11-12H,7-10H2. The van der Waals surface area contributed by atoms with Gasteiger partial charge >= 0.3 is 0 Å². The van der Waals surface area contributed by atoms with Crippen LogP contribution in [0.2, 0.25) is 0 Å². The normalized spacial score (nSPS) is 15.5. The Bertz CT molecular complexity index is 1300. The third-order valence-corrected chi connectivity index (χ3v) is 6.79. The van der Waals surface area contributed by atoms with Gasteiger partial charge in [0.2, 0.25) is 10.0 Å². The number of rotatable bonds is 3. The Morgan fingerprint density at radius 2 is 1.63 bits per heavy atom. The summed E-state index contributed by atoms with van der Waals surface area (Å²) in [4.78, 5) is 26.0. The molecule has 1 saturated heterocycles. The predicted molar refractivity (Wildman–Crippen MR) is 104 cm³/mol. The zero-order valence-electron chi connectivity index (χ0n) is 15.5. The van der Waals surface area contributed by atoms with Gasteiger partial charge in [0.1, 0.15) is 5.58 Å². The quantitative estimate of drug-likeness (QED) is 0.631. The van der Waals surface area contributed by atoms with Crippen LogP contribution >= 0.6 is 0 Å². The fourth-order valence-corrected chi connectivity index (χ4v) is 4.72. The van der Waals surface area contributed by atoms with Crippen molar-refractivity contribution in [2.24, 2.45) is 0 Å². The molecule has 2 aromatic carbocycles. The minimum atomic E-state index is -4.04. The van der Waals surface area contributed by atoms with E-state index in [2.05, 4.69) is 0 Å². The number of carbonyl (C=O) groups excluding carboxylic acids is 1. The van der Waals surface area contributed by atoms with Gasteiger partial charge in [-0.25, -0.2) is 17.2 Å². The molecule has 4 rings (SSSR count). The second kappa shape index (κ2) is 7.62. The average molecular weight is 434 g/mol. The van der Waals surface area contributed by atoms with E-state index in [-0.39, 0.29) is 47.8 Å². The molecule has 1 amide bonds. The molecule has 3 aromatic rings. The molecule has 2 heterocycles. The van der Waals surface area contributed by atoms with Crippen LogP contribution in [-0.4, -0.2) is 49.7 Å². The molecular formula is C20H16F2N2O5S. The van der Waals surface area contributed by atoms with E-state index >= 15 is 0 Å². The van der Waals surface area contributed by atoms with E-state index in [0.717, 1.165) is 22.5 Å². The van der Waals surface area contributed by atoms with Crippen molar-refractivity contribution in [2.75, 3.05) is 26.2 Å². The summed E-state index contributed by atoms with van der Waals surface area (Å²) in [6.45, 7) is 0.0340. The van der Waals surface area contributed by atoms with Crippen molar-refractivity contribution in [3.05, 3.63) is 76.1 Å². The molecule has 0 radical (unpaired) electrons. The number of halogens is 2. The van der Waals surface area contributed by atoms with E-state index in [1.165, 1.54) is 4.90 Å². The molecule has 0 atom stereocenters. The summed E-state index contributed by atoms with van der Waals surface area (Å²) >= 11 is 0. The summed E-state index contributed by atoms with van der Waals surface area (Å²) in [6.07, 6.45) is 0. The van der Waals surface area contributed by atoms with E-state index in [9.17, 15) is 26.8 Å². The predicted octanol–water partition coefficient (Wildman–Crippen LogP) is 2.22. The van der Waals surface area contributed by atoms with Crippen molar-refractivity contribution in [3.63, 3.8) is 0 Å². The summed E-state index contributed by atoms with van der Waals surface area (Å²) in [5, 5.41) is 0.358. The van der Waals surface area contributed by atoms with E-state index < -0.39 is 27.6 Å². The second-order valence-corrected chi connectivity index (χ2v) is 8.68. The van der Waals surface area contributed by atoms with Gasteiger partial charge in [0.25, 0.3) is 5.91 Å². The largest absolute Gasteiger partial charge is 0.451 e. The maximum Gasteiger partial charge on any atom is 0.289 e. The Morgan fingerprint density at radius 3 is 2.33 bits per heavy atom. The number of carbonyl (C=O) groups is 1. The summed E-state index contributed by atoms with van der Waals surface area (Å²) in [6, 6.07) is 10.0. The highest BCUT2D eigenvalue weighted by molar-refractivity contribution is 7.89. The van der Waals surface area contributed by atoms with Gasteiger partial charge in [-0.1, -0.05) is 12.1 Å². The zero-order chi connectivity index (χ0) is 21.5. The minimum Gasteiger partial charge on any atom is -0.451 e. The van der Waals surface area contributed by atoms with Crippen molar-refractivity contribution in [3.8, 4) is 0 Å². The first-order chi connectivity index (χ1) is 14.3. The molecule has 0 saturated carbocycles. The van der Waals surface area contributed by atoms with E-state index in [1.807, 2.05) is 0 Å². The van der Waals surface area contributed by atoms with Crippen LogP contribution < -0.4 is 5.43 Å². The molecule has 10 heteroatoms. The lowest BCUT2D eigenvalue weighted by atomic mass is 10.2. The number of para-hydroxylation sites is 1. The van der Waals surface area contributed by atoms with Crippen molar-refractivity contribution >= 4 is 26.9 Å². The molecule has 0 bridgehead atoms. The van der Waals surface area contributed by atoms with Crippen LogP contribution in [0.5, 0.6) is 0 Å². The Kier molecular flexibility index (Phi) is 5.12. The Hall–Kier alpha value is -3.11. The zero-order valence-corrected chi connectivity index (χ0v) is 16.4. The van der Waals surface area contributed by atoms with Gasteiger partial charge in [0.15, 0.2) is 22.8 Å². The lowest BCUT2D eigenvalue weighted by molar-refractivity contribution is 0.0666. The molecule has 30 heavy (non-hydrogen) atoms. The lowest BCUT2D eigenvalue weighted by Gasteiger charge is -2.33. The topological polar surface area (TPSA) is 87.9 Å². The van der Waals surface area contributed by atoms with E-state index in [1.54, 1.807) is 24.3 Å². The Balaban J connectivity index is 1.51. The van der Waals surface area contributed by atoms with Crippen LogP contribution in [-0.2, 0) is 10.0 Å². The molecule has 1 aliphatic rings. The first-order valence-electron chi connectivity index (χ1n) is 9.05. The van der Waals surface area contributed by atoms with Crippen molar-refractivity contribution in [2.45, 2.75) is 4.90 Å². The van der Waals surface area contributed by atoms with Gasteiger partial charge in [0.05, 0.1) is 10.3 Å². The molecule has 1 aromatic heterocycles. The number of fused-ring (bicyclic) bond motifs is 1. The number of sulfonamides is 1. The Labute approximate surface area is 170 Å². The van der Waals surface area contributed by atoms with Gasteiger partial charge in [-0.2, -0.15) is 4.31 Å². The lowest BCUT2D eigenvalue weighted by Crippen LogP contribution is -2.50. The maximum atomic E-state index is 13.4. The molecule has 7 nitrogen and oxygen atoms in total. The van der Waals surface area contributed by atoms with Gasteiger partial charge in [-0.05, 0) is 30.3 Å². The third-order valence-electron chi connectivity index (χ3n) is 4.90. The van der Waals surface area contributed by atoms with Gasteiger partial charge in [-0.15, -0.1) is 0 Å². The summed E-state index contributed by atoms with van der Waals surface area (Å²) < 4.78 is 58.5. The number of nitrogens with zero attached hydrogens (tertiary/aromatic N) is 2. The van der Waals surface area contributed by atoms with Crippen LogP contribution in [0.15, 0.2) is 62.6 Å². The highest BCUT2D eigenvalue weighted by Crippen LogP contribution is 2.21. The van der Waals surface area contributed by atoms with Gasteiger partial charge in [-0.3, -0.25) is 9.59 Å². The van der Waals surface area contributed by atoms with Crippen LogP contribution in [0, 0.1) is 11.6 Å². The van der Waals surface area contributed by atoms with Crippen LogP contribution in [0.3, 0.4) is 0 Å². The van der Waals surface area contributed by atoms with Gasteiger partial charge in [0, 0.05) is 32.2 Å². The summed E-state index contributed by atoms with van der Waals surface area (Å²) in [7, 11) is -4.04. The highest BCUT2D eigenvalue weighted by atomic mass is 32.2. The monoisotopic (exact) mass is 434 g/mol. The average Bonchev–Trinajstić information content (AvgIpc) is 2.75. The second-order valence-electron chi connectivity index (χ2n) is 6.74. The minimum absolute atomic E-state index is 0.0368. The first kappa shape index (κ1) is 20.2. The molecule has 1 aliphatic heterocycles. The van der Waals surface area contributed by atoms with Crippen molar-refractivity contribution < 1.29 is 26.4 Å². The van der Waals surface area contributed by atoms with E-state index in [4.69, 9.17) is 4.42 Å². The smallest absolute Gasteiger partial charge is 0.289 e. The molecule has 0 N–H and O–H groups in total. The maximum absolute atomic E-state index is 13.4. The summed E-state index contributed by atoms with van der Waals surface area (Å²) in [5.41, 5.74) is -0.0624. The number of piperazine rings is 1. The fraction of sp³-hybridized carbons (Fsp3) is 0.200. The molecule has 1 fully saturated rings. The van der Waals surface area contributed by atoms with Crippen LogP contribution in [0.1, 0.15) is 10.6 Å². The molecule has 0 unspecified atom stereocenters. The summed E-state index contributed by atoms with van der Waals surface area (Å²) in [5.74, 6) is -3.05. The van der Waals surface area contributed by atoms with Crippen molar-refractivity contribution in [1.29, 1.82) is 0 Å². The van der Waals surface area contributed by atoms with Crippen molar-refractivity contribution in [1.82, 2.24) is 9.21 Å². The Morgan fingerprint density at radius 1 is 0.933 bits per heavy atom.